The zero-order valence-corrected chi connectivity index (χ0v) is 12.2. The molecule has 0 spiro atoms. The Morgan fingerprint density at radius 3 is 2.70 bits per heavy atom. The first-order valence-electron chi connectivity index (χ1n) is 6.78. The molecule has 4 nitrogen and oxygen atoms in total. The van der Waals surface area contributed by atoms with Gasteiger partial charge in [0, 0.05) is 11.4 Å². The van der Waals surface area contributed by atoms with E-state index in [2.05, 4.69) is 16.5 Å². The molecule has 1 heterocycles. The number of hydrogen-bond donors (Lipinski definition) is 2. The highest BCUT2D eigenvalue weighted by Gasteiger charge is 2.16. The molecule has 1 aromatic carbocycles. The molecule has 0 aliphatic heterocycles. The molecule has 0 saturated carbocycles. The van der Waals surface area contributed by atoms with E-state index >= 15 is 0 Å². The van der Waals surface area contributed by atoms with Crippen LogP contribution in [0.4, 0.5) is 0 Å². The van der Waals surface area contributed by atoms with Gasteiger partial charge in [-0.2, -0.15) is 0 Å². The third kappa shape index (κ3) is 3.15. The summed E-state index contributed by atoms with van der Waals surface area (Å²) in [6, 6.07) is 11.9. The van der Waals surface area contributed by atoms with Crippen LogP contribution < -0.4 is 16.0 Å². The summed E-state index contributed by atoms with van der Waals surface area (Å²) in [5, 5.41) is 0. The molecular weight excluding hydrogens is 250 g/mol. The van der Waals surface area contributed by atoms with E-state index in [0.717, 1.165) is 28.3 Å². The highest BCUT2D eigenvalue weighted by Crippen LogP contribution is 2.26. The number of hydrogen-bond acceptors (Lipinski definition) is 4. The van der Waals surface area contributed by atoms with E-state index in [0.29, 0.717) is 6.61 Å². The monoisotopic (exact) mass is 271 g/mol. The number of benzene rings is 1. The molecule has 106 valence electrons. The predicted molar refractivity (Wildman–Crippen MR) is 80.5 cm³/mol. The number of ether oxygens (including phenoxy) is 1. The minimum atomic E-state index is -0.0940. The van der Waals surface area contributed by atoms with Gasteiger partial charge in [0.15, 0.2) is 0 Å². The minimum Gasteiger partial charge on any atom is -0.494 e. The van der Waals surface area contributed by atoms with E-state index in [4.69, 9.17) is 10.6 Å². The fourth-order valence-electron chi connectivity index (χ4n) is 2.32. The van der Waals surface area contributed by atoms with Crippen LogP contribution in [0.2, 0.25) is 0 Å². The average molecular weight is 271 g/mol. The maximum atomic E-state index is 5.75. The molecule has 0 bridgehead atoms. The lowest BCUT2D eigenvalue weighted by atomic mass is 9.98. The van der Waals surface area contributed by atoms with Gasteiger partial charge < -0.3 is 4.74 Å². The predicted octanol–water partition coefficient (Wildman–Crippen LogP) is 2.65. The number of aromatic nitrogens is 1. The van der Waals surface area contributed by atoms with Gasteiger partial charge in [-0.15, -0.1) is 0 Å². The molecule has 2 rings (SSSR count). The van der Waals surface area contributed by atoms with E-state index in [1.165, 1.54) is 0 Å². The van der Waals surface area contributed by atoms with Gasteiger partial charge in [-0.1, -0.05) is 18.2 Å². The molecule has 0 aliphatic rings. The van der Waals surface area contributed by atoms with Crippen molar-refractivity contribution in [3.63, 3.8) is 0 Å². The summed E-state index contributed by atoms with van der Waals surface area (Å²) < 4.78 is 5.54. The Bertz CT molecular complexity index is 584. The van der Waals surface area contributed by atoms with Crippen molar-refractivity contribution in [2.75, 3.05) is 6.61 Å². The van der Waals surface area contributed by atoms with Gasteiger partial charge in [0.1, 0.15) is 5.75 Å². The van der Waals surface area contributed by atoms with Crippen LogP contribution in [0.5, 0.6) is 5.75 Å². The summed E-state index contributed by atoms with van der Waals surface area (Å²) >= 11 is 0. The van der Waals surface area contributed by atoms with Gasteiger partial charge in [-0.3, -0.25) is 10.8 Å². The molecule has 20 heavy (non-hydrogen) atoms. The fourth-order valence-corrected chi connectivity index (χ4v) is 2.32. The molecule has 3 N–H and O–H groups in total. The molecule has 2 aromatic rings. The number of aryl methyl sites for hydroxylation is 2. The van der Waals surface area contributed by atoms with Crippen molar-refractivity contribution < 1.29 is 4.74 Å². The van der Waals surface area contributed by atoms with Crippen LogP contribution in [-0.2, 0) is 0 Å². The largest absolute Gasteiger partial charge is 0.494 e. The lowest BCUT2D eigenvalue weighted by molar-refractivity contribution is 0.339. The van der Waals surface area contributed by atoms with Crippen molar-refractivity contribution in [1.82, 2.24) is 10.4 Å². The van der Waals surface area contributed by atoms with E-state index in [1.54, 1.807) is 0 Å². The average Bonchev–Trinajstić information content (AvgIpc) is 2.43. The van der Waals surface area contributed by atoms with Gasteiger partial charge in [0.2, 0.25) is 0 Å². The van der Waals surface area contributed by atoms with Gasteiger partial charge in [0.05, 0.1) is 12.6 Å². The van der Waals surface area contributed by atoms with Crippen LogP contribution >= 0.6 is 0 Å². The summed E-state index contributed by atoms with van der Waals surface area (Å²) in [5.41, 5.74) is 6.99. The van der Waals surface area contributed by atoms with Crippen LogP contribution in [0.1, 0.15) is 35.5 Å². The second kappa shape index (κ2) is 6.50. The van der Waals surface area contributed by atoms with Gasteiger partial charge >= 0.3 is 0 Å². The van der Waals surface area contributed by atoms with Crippen molar-refractivity contribution in [3.8, 4) is 5.75 Å². The van der Waals surface area contributed by atoms with Crippen molar-refractivity contribution in [3.05, 3.63) is 58.9 Å². The summed E-state index contributed by atoms with van der Waals surface area (Å²) in [6.07, 6.45) is 0. The van der Waals surface area contributed by atoms with Gasteiger partial charge in [-0.25, -0.2) is 5.43 Å². The minimum absolute atomic E-state index is 0.0940. The molecule has 0 aliphatic carbocycles. The lowest BCUT2D eigenvalue weighted by Crippen LogP contribution is -2.29. The van der Waals surface area contributed by atoms with Gasteiger partial charge in [0.25, 0.3) is 0 Å². The van der Waals surface area contributed by atoms with Crippen LogP contribution in [-0.4, -0.2) is 11.6 Å². The van der Waals surface area contributed by atoms with Crippen LogP contribution in [0.25, 0.3) is 0 Å². The molecule has 4 heteroatoms. The third-order valence-electron chi connectivity index (χ3n) is 3.25. The van der Waals surface area contributed by atoms with Crippen molar-refractivity contribution in [2.45, 2.75) is 26.8 Å². The van der Waals surface area contributed by atoms with Crippen molar-refractivity contribution in [1.29, 1.82) is 0 Å². The number of hydrazine groups is 1. The van der Waals surface area contributed by atoms with E-state index in [9.17, 15) is 0 Å². The Balaban J connectivity index is 2.38. The van der Waals surface area contributed by atoms with Gasteiger partial charge in [-0.05, 0) is 50.1 Å². The Hall–Kier alpha value is -1.91. The maximum absolute atomic E-state index is 5.75. The van der Waals surface area contributed by atoms with Crippen LogP contribution in [0.3, 0.4) is 0 Å². The summed E-state index contributed by atoms with van der Waals surface area (Å²) in [7, 11) is 0. The highest BCUT2D eigenvalue weighted by atomic mass is 16.5. The third-order valence-corrected chi connectivity index (χ3v) is 3.25. The van der Waals surface area contributed by atoms with Crippen LogP contribution in [0.15, 0.2) is 36.4 Å². The Morgan fingerprint density at radius 2 is 2.05 bits per heavy atom. The normalized spacial score (nSPS) is 12.2. The number of pyridine rings is 1. The quantitative estimate of drug-likeness (QED) is 0.648. The molecule has 0 amide bonds. The standard InChI is InChI=1S/C16H21N3O/c1-4-20-14-7-5-6-13(10-14)16(19-17)15-9-8-11(2)18-12(15)3/h5-10,16,19H,4,17H2,1-3H3. The Kier molecular flexibility index (Phi) is 4.71. The molecule has 0 radical (unpaired) electrons. The lowest BCUT2D eigenvalue weighted by Gasteiger charge is -2.19. The first-order chi connectivity index (χ1) is 9.65. The van der Waals surface area contributed by atoms with Crippen LogP contribution in [0, 0.1) is 13.8 Å². The Morgan fingerprint density at radius 1 is 1.25 bits per heavy atom. The topological polar surface area (TPSA) is 60.2 Å². The van der Waals surface area contributed by atoms with E-state index < -0.39 is 0 Å². The SMILES string of the molecule is CCOc1cccc(C(NN)c2ccc(C)nc2C)c1. The number of nitrogens with zero attached hydrogens (tertiary/aromatic N) is 1. The smallest absolute Gasteiger partial charge is 0.119 e. The Labute approximate surface area is 120 Å². The second-order valence-electron chi connectivity index (χ2n) is 4.73. The number of nitrogens with one attached hydrogen (secondary N) is 1. The zero-order valence-electron chi connectivity index (χ0n) is 12.2. The van der Waals surface area contributed by atoms with E-state index in [-0.39, 0.29) is 6.04 Å². The number of nitrogens with two attached hydrogens (primary N) is 1. The first-order valence-corrected chi connectivity index (χ1v) is 6.78. The first kappa shape index (κ1) is 14.5. The molecule has 0 saturated heterocycles. The zero-order chi connectivity index (χ0) is 14.5. The molecule has 1 unspecified atom stereocenters. The second-order valence-corrected chi connectivity index (χ2v) is 4.73. The molecule has 1 aromatic heterocycles. The molecular formula is C16H21N3O. The van der Waals surface area contributed by atoms with Crippen molar-refractivity contribution in [2.24, 2.45) is 5.84 Å². The molecule has 0 fully saturated rings. The summed E-state index contributed by atoms with van der Waals surface area (Å²) in [4.78, 5) is 4.50. The summed E-state index contributed by atoms with van der Waals surface area (Å²) in [5.74, 6) is 6.60. The maximum Gasteiger partial charge on any atom is 0.119 e. The highest BCUT2D eigenvalue weighted by molar-refractivity contribution is 5.38. The molecule has 1 atom stereocenters. The van der Waals surface area contributed by atoms with E-state index in [1.807, 2.05) is 51.1 Å². The fraction of sp³-hybridized carbons (Fsp3) is 0.312. The number of rotatable bonds is 5. The van der Waals surface area contributed by atoms with Crippen molar-refractivity contribution >= 4 is 0 Å². The summed E-state index contributed by atoms with van der Waals surface area (Å²) in [6.45, 7) is 6.60.